The lowest BCUT2D eigenvalue weighted by molar-refractivity contribution is -0.168. The Labute approximate surface area is 769 Å². The summed E-state index contributed by atoms with van der Waals surface area (Å²) in [4.78, 5) is 154. The van der Waals surface area contributed by atoms with Crippen LogP contribution in [0.2, 0.25) is 0 Å². The summed E-state index contributed by atoms with van der Waals surface area (Å²) in [5.41, 5.74) is 8.16. The maximum atomic E-state index is 14.4. The predicted molar refractivity (Wildman–Crippen MR) is 484 cm³/mol. The quantitative estimate of drug-likeness (QED) is 0.0118. The summed E-state index contributed by atoms with van der Waals surface area (Å²) in [7, 11) is 0. The van der Waals surface area contributed by atoms with E-state index in [2.05, 4.69) is 26.3 Å². The van der Waals surface area contributed by atoms with Crippen molar-refractivity contribution in [3.8, 4) is 62.1 Å². The van der Waals surface area contributed by atoms with E-state index in [1.807, 2.05) is 146 Å². The van der Waals surface area contributed by atoms with E-state index in [1.165, 1.54) is 30.3 Å². The monoisotopic (exact) mass is 1810 g/mol. The van der Waals surface area contributed by atoms with Gasteiger partial charge in [-0.1, -0.05) is 208 Å². The number of aromatic carboxylic acids is 1. The van der Waals surface area contributed by atoms with Crippen molar-refractivity contribution in [1.82, 2.24) is 0 Å². The average molecular weight is 1810 g/mol. The molecule has 0 radical (unpaired) electrons. The fourth-order valence-corrected chi connectivity index (χ4v) is 17.0. The van der Waals surface area contributed by atoms with Gasteiger partial charge in [0, 0.05) is 30.7 Å². The first-order valence-electron chi connectivity index (χ1n) is 42.7. The SMILES string of the molecule is C=CC(=O)OCC(COc1ccc(C2(c3ccc(OCC(COC(=O)C=C)OC(=O)C4CC=CCC4C(=O)O)cc3)c3ccccc3-c3ccccc32)cc1)OC(=O)c1ccc(-c2ccc(C(=O)OC(COC(=O)C=C)COc3ccc(C4(c5ccc(OCC(COC(=O)C=C)OC(=O)C6CC=CCC6OC=O)cc5)c5ccccc5-c5ccccc54)cc3)c(C(=O)O)c2)cc1OC=O. The summed E-state index contributed by atoms with van der Waals surface area (Å²) >= 11 is 0. The first kappa shape index (κ1) is 93.6. The first-order chi connectivity index (χ1) is 65.1. The fourth-order valence-electron chi connectivity index (χ4n) is 17.0. The number of esters is 8. The van der Waals surface area contributed by atoms with E-state index >= 15 is 0 Å². The summed E-state index contributed by atoms with van der Waals surface area (Å²) in [6, 6.07) is 68.8. The number of aliphatic carboxylic acids is 1. The van der Waals surface area contributed by atoms with Crippen LogP contribution in [0.3, 0.4) is 0 Å². The fraction of sp³-hybridized carbons (Fsp3) is 0.208. The zero-order chi connectivity index (χ0) is 94.4. The molecule has 14 rings (SSSR count). The van der Waals surface area contributed by atoms with Crippen LogP contribution in [0.4, 0.5) is 0 Å². The Balaban J connectivity index is 0.654. The molecule has 28 heteroatoms. The van der Waals surface area contributed by atoms with Crippen molar-refractivity contribution in [3.63, 3.8) is 0 Å². The van der Waals surface area contributed by atoms with E-state index in [9.17, 15) is 67.7 Å². The number of carboxylic acid groups (broad SMARTS) is 2. The van der Waals surface area contributed by atoms with Crippen LogP contribution in [-0.4, -0.2) is 166 Å². The minimum absolute atomic E-state index is 0.0580. The minimum Gasteiger partial charge on any atom is -0.490 e. The Morgan fingerprint density at radius 2 is 0.664 bits per heavy atom. The molecule has 0 aromatic heterocycles. The number of allylic oxidation sites excluding steroid dienone is 3. The van der Waals surface area contributed by atoms with Crippen molar-refractivity contribution in [1.29, 1.82) is 0 Å². The third-order valence-electron chi connectivity index (χ3n) is 23.4. The molecule has 8 atom stereocenters. The van der Waals surface area contributed by atoms with Crippen molar-refractivity contribution in [3.05, 3.63) is 367 Å². The molecule has 8 unspecified atom stereocenters. The van der Waals surface area contributed by atoms with Crippen LogP contribution >= 0.6 is 0 Å². The van der Waals surface area contributed by atoms with Crippen LogP contribution in [0, 0.1) is 17.8 Å². The van der Waals surface area contributed by atoms with Crippen LogP contribution in [0.25, 0.3) is 33.4 Å². The highest BCUT2D eigenvalue weighted by atomic mass is 16.6. The lowest BCUT2D eigenvalue weighted by Crippen LogP contribution is -2.38. The number of carbonyl (C=O) groups excluding carboxylic acids is 10. The molecule has 2 N–H and O–H groups in total. The third kappa shape index (κ3) is 20.8. The van der Waals surface area contributed by atoms with Gasteiger partial charge in [-0.15, -0.1) is 0 Å². The second-order valence-electron chi connectivity index (χ2n) is 31.3. The Kier molecular flexibility index (Phi) is 30.2. The number of hydrogen-bond acceptors (Lipinski definition) is 26. The third-order valence-corrected chi connectivity index (χ3v) is 23.4. The van der Waals surface area contributed by atoms with E-state index in [0.29, 0.717) is 29.4 Å². The zero-order valence-corrected chi connectivity index (χ0v) is 72.2. The van der Waals surface area contributed by atoms with Crippen LogP contribution in [0.1, 0.15) is 101 Å². The number of carboxylic acids is 2. The highest BCUT2D eigenvalue weighted by molar-refractivity contribution is 6.04. The Hall–Kier alpha value is -16.5. The Morgan fingerprint density at radius 3 is 1.01 bits per heavy atom. The second-order valence-corrected chi connectivity index (χ2v) is 31.3. The topological polar surface area (TPSA) is 375 Å². The summed E-state index contributed by atoms with van der Waals surface area (Å²) in [6.45, 7) is 11.0. The molecule has 0 bridgehead atoms. The van der Waals surface area contributed by atoms with Crippen molar-refractivity contribution < 1.29 is 134 Å². The van der Waals surface area contributed by atoms with Gasteiger partial charge in [0.2, 0.25) is 0 Å². The molecule has 0 heterocycles. The van der Waals surface area contributed by atoms with Crippen LogP contribution in [0.15, 0.2) is 305 Å². The molecule has 0 spiro atoms. The molecule has 0 saturated carbocycles. The molecule has 10 aromatic carbocycles. The van der Waals surface area contributed by atoms with Crippen LogP contribution < -0.4 is 23.7 Å². The molecule has 682 valence electrons. The maximum Gasteiger partial charge on any atom is 0.342 e. The average Bonchev–Trinajstić information content (AvgIpc) is 1.54. The first-order valence-corrected chi connectivity index (χ1v) is 42.7. The van der Waals surface area contributed by atoms with Crippen molar-refractivity contribution in [2.75, 3.05) is 52.9 Å². The molecule has 10 aromatic rings. The minimum atomic E-state index is -1.56. The van der Waals surface area contributed by atoms with Gasteiger partial charge in [0.25, 0.3) is 12.9 Å². The van der Waals surface area contributed by atoms with E-state index < -0.39 is 163 Å². The Morgan fingerprint density at radius 1 is 0.343 bits per heavy atom. The molecule has 4 aliphatic rings. The van der Waals surface area contributed by atoms with Crippen LogP contribution in [0.5, 0.6) is 28.7 Å². The molecular weight excluding hydrogens is 1720 g/mol. The van der Waals surface area contributed by atoms with Crippen molar-refractivity contribution in [2.24, 2.45) is 17.8 Å². The molecule has 0 aliphatic heterocycles. The van der Waals surface area contributed by atoms with Gasteiger partial charge in [-0.2, -0.15) is 0 Å². The smallest absolute Gasteiger partial charge is 0.342 e. The van der Waals surface area contributed by atoms with Gasteiger partial charge in [-0.05, 0) is 170 Å². The summed E-state index contributed by atoms with van der Waals surface area (Å²) in [5.74, 6) is -11.4. The molecule has 0 amide bonds. The summed E-state index contributed by atoms with van der Waals surface area (Å²) in [5, 5.41) is 20.6. The van der Waals surface area contributed by atoms with E-state index in [-0.39, 0.29) is 74.5 Å². The van der Waals surface area contributed by atoms with E-state index in [0.717, 1.165) is 97.1 Å². The Bertz CT molecular complexity index is 6090. The second kappa shape index (κ2) is 43.3. The van der Waals surface area contributed by atoms with Crippen molar-refractivity contribution in [2.45, 2.75) is 67.0 Å². The van der Waals surface area contributed by atoms with E-state index in [4.69, 9.17) is 66.3 Å². The van der Waals surface area contributed by atoms with Gasteiger partial charge in [-0.25, -0.2) is 33.6 Å². The molecule has 0 saturated heterocycles. The number of ether oxygens (including phenoxy) is 14. The van der Waals surface area contributed by atoms with Crippen molar-refractivity contribution >= 4 is 72.6 Å². The standard InChI is InChI=1S/C106H90O28/c1-5-95(109)125-59-75(131-101(117)84-26-10-9-25-83(84)99(113)114)55-121-71-43-35-67(36-44-71)105(89-28-16-11-21-79(89)80-22-12-17-29-90(80)105)70-41-49-74(50-42-70)124-58-78(62-128-98(112)8-4)134-104(120)87-52-34-66(54-94(87)130-64-108)65-33-51-85(88(53-65)100(115)116)102(118)132-76(60-126-96(110)6-2)56-122-72-45-37-68(38-46-72)106(91-30-18-13-23-81(91)82-24-14-19-31-92(82)106)69-39-47-73(48-40-69)123-57-77(61-127-97(111)7-3)133-103(119)86-27-15-20-32-93(86)129-63-107/h5-24,28-31,33-54,63-64,75-78,83-84,86,93H,1-4,25-27,32,55-62H2,(H,113,114)(H,115,116). The van der Waals surface area contributed by atoms with Gasteiger partial charge in [0.05, 0.1) is 39.7 Å². The van der Waals surface area contributed by atoms with Gasteiger partial charge < -0.3 is 76.5 Å². The lowest BCUT2D eigenvalue weighted by atomic mass is 9.68. The number of rotatable bonds is 43. The molecule has 4 aliphatic carbocycles. The van der Waals surface area contributed by atoms with Gasteiger partial charge in [0.1, 0.15) is 93.3 Å². The largest absolute Gasteiger partial charge is 0.490 e. The van der Waals surface area contributed by atoms with Gasteiger partial charge in [0.15, 0.2) is 24.4 Å². The maximum absolute atomic E-state index is 14.4. The number of benzene rings is 10. The molecular formula is C106H90O28. The summed E-state index contributed by atoms with van der Waals surface area (Å²) in [6.07, 6.45) is 6.05. The number of carbonyl (C=O) groups is 12. The number of fused-ring (bicyclic) bond motifs is 6. The lowest BCUT2D eigenvalue weighted by Gasteiger charge is -2.34. The zero-order valence-electron chi connectivity index (χ0n) is 72.2. The number of hydrogen-bond donors (Lipinski definition) is 2. The van der Waals surface area contributed by atoms with E-state index in [1.54, 1.807) is 72.8 Å². The van der Waals surface area contributed by atoms with Gasteiger partial charge >= 0.3 is 59.7 Å². The molecule has 0 fully saturated rings. The van der Waals surface area contributed by atoms with Gasteiger partial charge in [-0.3, -0.25) is 24.0 Å². The highest BCUT2D eigenvalue weighted by Gasteiger charge is 2.49. The molecule has 28 nitrogen and oxygen atoms in total. The molecule has 134 heavy (non-hydrogen) atoms. The summed E-state index contributed by atoms with van der Waals surface area (Å²) < 4.78 is 80.2. The normalized spacial score (nSPS) is 16.2. The highest BCUT2D eigenvalue weighted by Crippen LogP contribution is 2.58. The van der Waals surface area contributed by atoms with Crippen LogP contribution in [-0.2, 0) is 96.6 Å². The predicted octanol–water partition coefficient (Wildman–Crippen LogP) is 15.2.